The number of aliphatic hydroxyl groups is 1. The number of rotatable bonds is 2. The summed E-state index contributed by atoms with van der Waals surface area (Å²) in [6.45, 7) is 0.139. The Labute approximate surface area is 80.1 Å². The molecule has 1 rings (SSSR count). The predicted molar refractivity (Wildman–Crippen MR) is 48.3 cm³/mol. The molecule has 1 heterocycles. The zero-order valence-corrected chi connectivity index (χ0v) is 7.68. The van der Waals surface area contributed by atoms with E-state index in [-0.39, 0.29) is 11.7 Å². The molecule has 0 amide bonds. The molecule has 0 saturated heterocycles. The second kappa shape index (κ2) is 4.05. The molecule has 66 valence electrons. The number of aliphatic hydroxyl groups excluding tert-OH is 1. The van der Waals surface area contributed by atoms with E-state index in [9.17, 15) is 5.11 Å². The van der Waals surface area contributed by atoms with Gasteiger partial charge in [0.25, 0.3) is 0 Å². The maximum absolute atomic E-state index is 9.28. The van der Waals surface area contributed by atoms with Crippen LogP contribution >= 0.6 is 23.2 Å². The van der Waals surface area contributed by atoms with Crippen LogP contribution in [0.5, 0.6) is 0 Å². The highest BCUT2D eigenvalue weighted by Gasteiger charge is 2.07. The molecular weight excluding hydrogens is 199 g/mol. The Hall–Kier alpha value is -0.350. The number of pyridine rings is 1. The van der Waals surface area contributed by atoms with E-state index in [1.807, 2.05) is 0 Å². The van der Waals surface area contributed by atoms with Crippen LogP contribution in [-0.2, 0) is 0 Å². The molecule has 0 bridgehead atoms. The molecule has 12 heavy (non-hydrogen) atoms. The molecule has 5 heteroatoms. The van der Waals surface area contributed by atoms with Crippen LogP contribution in [0.2, 0.25) is 10.2 Å². The van der Waals surface area contributed by atoms with Gasteiger partial charge in [0.15, 0.2) is 0 Å². The Morgan fingerprint density at radius 3 is 2.75 bits per heavy atom. The van der Waals surface area contributed by atoms with Gasteiger partial charge in [-0.05, 0) is 6.07 Å². The average molecular weight is 207 g/mol. The first-order valence-electron chi connectivity index (χ1n) is 3.34. The molecule has 0 aliphatic rings. The van der Waals surface area contributed by atoms with Crippen molar-refractivity contribution in [3.8, 4) is 0 Å². The minimum Gasteiger partial charge on any atom is -0.387 e. The molecule has 1 aromatic rings. The highest BCUT2D eigenvalue weighted by molar-refractivity contribution is 6.41. The highest BCUT2D eigenvalue weighted by Crippen LogP contribution is 2.22. The van der Waals surface area contributed by atoms with E-state index in [4.69, 9.17) is 28.9 Å². The molecule has 1 aromatic heterocycles. The third-order valence-corrected chi connectivity index (χ3v) is 2.11. The minimum atomic E-state index is -0.729. The van der Waals surface area contributed by atoms with Crippen LogP contribution in [0, 0.1) is 0 Å². The second-order valence-electron chi connectivity index (χ2n) is 2.29. The fourth-order valence-electron chi connectivity index (χ4n) is 0.754. The van der Waals surface area contributed by atoms with Gasteiger partial charge < -0.3 is 10.8 Å². The molecule has 1 atom stereocenters. The third-order valence-electron chi connectivity index (χ3n) is 1.43. The molecule has 0 unspecified atom stereocenters. The highest BCUT2D eigenvalue weighted by atomic mass is 35.5. The maximum atomic E-state index is 9.28. The van der Waals surface area contributed by atoms with Gasteiger partial charge in [-0.15, -0.1) is 0 Å². The summed E-state index contributed by atoms with van der Waals surface area (Å²) in [5.74, 6) is 0. The quantitative estimate of drug-likeness (QED) is 0.720. The van der Waals surface area contributed by atoms with E-state index < -0.39 is 6.10 Å². The summed E-state index contributed by atoms with van der Waals surface area (Å²) in [4.78, 5) is 3.77. The van der Waals surface area contributed by atoms with Gasteiger partial charge in [0.1, 0.15) is 5.15 Å². The van der Waals surface area contributed by atoms with Crippen LogP contribution in [0.25, 0.3) is 0 Å². The molecule has 3 nitrogen and oxygen atoms in total. The van der Waals surface area contributed by atoms with Gasteiger partial charge in [-0.3, -0.25) is 0 Å². The summed E-state index contributed by atoms with van der Waals surface area (Å²) in [7, 11) is 0. The lowest BCUT2D eigenvalue weighted by Crippen LogP contribution is -2.11. The summed E-state index contributed by atoms with van der Waals surface area (Å²) in [5, 5.41) is 9.83. The molecule has 0 aromatic carbocycles. The Morgan fingerprint density at radius 1 is 1.58 bits per heavy atom. The van der Waals surface area contributed by atoms with Crippen molar-refractivity contribution in [2.75, 3.05) is 6.54 Å². The zero-order chi connectivity index (χ0) is 9.14. The van der Waals surface area contributed by atoms with Gasteiger partial charge in [-0.25, -0.2) is 4.98 Å². The van der Waals surface area contributed by atoms with Gasteiger partial charge >= 0.3 is 0 Å². The van der Waals surface area contributed by atoms with Crippen LogP contribution in [0.3, 0.4) is 0 Å². The van der Waals surface area contributed by atoms with Crippen molar-refractivity contribution >= 4 is 23.2 Å². The van der Waals surface area contributed by atoms with Crippen molar-refractivity contribution < 1.29 is 5.11 Å². The zero-order valence-electron chi connectivity index (χ0n) is 6.17. The Balaban J connectivity index is 2.96. The largest absolute Gasteiger partial charge is 0.387 e. The van der Waals surface area contributed by atoms with E-state index in [1.54, 1.807) is 6.07 Å². The van der Waals surface area contributed by atoms with Crippen LogP contribution in [-0.4, -0.2) is 16.6 Å². The van der Waals surface area contributed by atoms with Crippen molar-refractivity contribution in [3.63, 3.8) is 0 Å². The van der Waals surface area contributed by atoms with E-state index in [0.29, 0.717) is 10.6 Å². The Morgan fingerprint density at radius 2 is 2.25 bits per heavy atom. The summed E-state index contributed by atoms with van der Waals surface area (Å²) in [6, 6.07) is 1.55. The van der Waals surface area contributed by atoms with Crippen molar-refractivity contribution in [1.82, 2.24) is 4.98 Å². The Bertz CT molecular complexity index is 280. The van der Waals surface area contributed by atoms with E-state index >= 15 is 0 Å². The number of nitrogens with zero attached hydrogens (tertiary/aromatic N) is 1. The van der Waals surface area contributed by atoms with Gasteiger partial charge in [-0.1, -0.05) is 23.2 Å². The number of aromatic nitrogens is 1. The van der Waals surface area contributed by atoms with Crippen LogP contribution in [0.4, 0.5) is 0 Å². The normalized spacial score (nSPS) is 13.0. The van der Waals surface area contributed by atoms with Crippen molar-refractivity contribution in [2.24, 2.45) is 5.73 Å². The summed E-state index contributed by atoms with van der Waals surface area (Å²) >= 11 is 11.2. The fourth-order valence-corrected chi connectivity index (χ4v) is 1.03. The summed E-state index contributed by atoms with van der Waals surface area (Å²) in [6.07, 6.45) is 0.721. The lowest BCUT2D eigenvalue weighted by molar-refractivity contribution is 0.186. The SMILES string of the molecule is NC[C@@H](O)c1cnc(Cl)c(Cl)c1. The van der Waals surface area contributed by atoms with E-state index in [0.717, 1.165) is 0 Å². The number of hydrogen-bond acceptors (Lipinski definition) is 3. The summed E-state index contributed by atoms with van der Waals surface area (Å²) in [5.41, 5.74) is 5.81. The van der Waals surface area contributed by atoms with Gasteiger partial charge in [0.05, 0.1) is 11.1 Å². The minimum absolute atomic E-state index is 0.139. The monoisotopic (exact) mass is 206 g/mol. The predicted octanol–water partition coefficient (Wildman–Crippen LogP) is 1.38. The standard InChI is InChI=1S/C7H8Cl2N2O/c8-5-1-4(6(12)2-10)3-11-7(5)9/h1,3,6,12H,2,10H2/t6-/m1/s1. The molecule has 3 N–H and O–H groups in total. The average Bonchev–Trinajstić information content (AvgIpc) is 2.08. The number of halogens is 2. The maximum Gasteiger partial charge on any atom is 0.147 e. The van der Waals surface area contributed by atoms with Crippen LogP contribution < -0.4 is 5.73 Å². The lowest BCUT2D eigenvalue weighted by Gasteiger charge is -2.07. The second-order valence-corrected chi connectivity index (χ2v) is 3.06. The molecule has 0 saturated carbocycles. The first kappa shape index (κ1) is 9.74. The van der Waals surface area contributed by atoms with E-state index in [2.05, 4.69) is 4.98 Å². The van der Waals surface area contributed by atoms with Crippen LogP contribution in [0.15, 0.2) is 12.3 Å². The van der Waals surface area contributed by atoms with E-state index in [1.165, 1.54) is 6.20 Å². The number of nitrogens with two attached hydrogens (primary N) is 1. The lowest BCUT2D eigenvalue weighted by atomic mass is 10.2. The Kier molecular flexibility index (Phi) is 3.29. The molecule has 0 aliphatic heterocycles. The van der Waals surface area contributed by atoms with Crippen molar-refractivity contribution in [2.45, 2.75) is 6.10 Å². The van der Waals surface area contributed by atoms with Crippen molar-refractivity contribution in [3.05, 3.63) is 28.0 Å². The fraction of sp³-hybridized carbons (Fsp3) is 0.286. The van der Waals surface area contributed by atoms with Gasteiger partial charge in [-0.2, -0.15) is 0 Å². The summed E-state index contributed by atoms with van der Waals surface area (Å²) < 4.78 is 0. The smallest absolute Gasteiger partial charge is 0.147 e. The first-order valence-corrected chi connectivity index (χ1v) is 4.10. The number of hydrogen-bond donors (Lipinski definition) is 2. The molecular formula is C7H8Cl2N2O. The first-order chi connectivity index (χ1) is 5.65. The van der Waals surface area contributed by atoms with Crippen molar-refractivity contribution in [1.29, 1.82) is 0 Å². The van der Waals surface area contributed by atoms with Gasteiger partial charge in [0.2, 0.25) is 0 Å². The van der Waals surface area contributed by atoms with Gasteiger partial charge in [0, 0.05) is 18.3 Å². The molecule has 0 fully saturated rings. The third kappa shape index (κ3) is 2.08. The molecule has 0 spiro atoms. The topological polar surface area (TPSA) is 59.1 Å². The van der Waals surface area contributed by atoms with Crippen LogP contribution in [0.1, 0.15) is 11.7 Å². The molecule has 0 radical (unpaired) electrons. The molecule has 0 aliphatic carbocycles.